The quantitative estimate of drug-likeness (QED) is 0.880. The number of nitrogens with two attached hydrogens (primary N) is 1. The van der Waals surface area contributed by atoms with Gasteiger partial charge in [-0.3, -0.25) is 4.98 Å². The van der Waals surface area contributed by atoms with E-state index < -0.39 is 0 Å². The highest BCUT2D eigenvalue weighted by atomic mass is 16.5. The van der Waals surface area contributed by atoms with Crippen LogP contribution in [0.25, 0.3) is 0 Å². The Morgan fingerprint density at radius 1 is 1.37 bits per heavy atom. The summed E-state index contributed by atoms with van der Waals surface area (Å²) in [5.74, 6) is 2.29. The fraction of sp³-hybridized carbons (Fsp3) is 0.688. The SMILES string of the molecule is CCC1CCC(C(N)c2cncc(OC(C)C)c2)C1. The van der Waals surface area contributed by atoms with Gasteiger partial charge in [-0.15, -0.1) is 0 Å². The van der Waals surface area contributed by atoms with Crippen molar-refractivity contribution in [1.29, 1.82) is 0 Å². The number of ether oxygens (including phenoxy) is 1. The summed E-state index contributed by atoms with van der Waals surface area (Å²) in [5.41, 5.74) is 7.53. The van der Waals surface area contributed by atoms with E-state index in [4.69, 9.17) is 10.5 Å². The standard InChI is InChI=1S/C16H26N2O/c1-4-12-5-6-13(7-12)16(17)14-8-15(10-18-9-14)19-11(2)3/h8-13,16H,4-7,17H2,1-3H3. The topological polar surface area (TPSA) is 48.1 Å². The summed E-state index contributed by atoms with van der Waals surface area (Å²) in [7, 11) is 0. The molecule has 1 aromatic rings. The molecule has 0 radical (unpaired) electrons. The molecule has 0 spiro atoms. The summed E-state index contributed by atoms with van der Waals surface area (Å²) in [4.78, 5) is 4.26. The molecule has 3 unspecified atom stereocenters. The normalized spacial score (nSPS) is 24.7. The van der Waals surface area contributed by atoms with Gasteiger partial charge in [-0.1, -0.05) is 19.8 Å². The first-order valence-electron chi connectivity index (χ1n) is 7.47. The van der Waals surface area contributed by atoms with Crippen molar-refractivity contribution < 1.29 is 4.74 Å². The molecule has 2 N–H and O–H groups in total. The highest BCUT2D eigenvalue weighted by molar-refractivity contribution is 5.26. The Hall–Kier alpha value is -1.09. The van der Waals surface area contributed by atoms with Crippen molar-refractivity contribution in [1.82, 2.24) is 4.98 Å². The van der Waals surface area contributed by atoms with Crippen LogP contribution in [0.1, 0.15) is 58.1 Å². The third-order valence-corrected chi connectivity index (χ3v) is 4.16. The van der Waals surface area contributed by atoms with E-state index in [1.165, 1.54) is 25.7 Å². The van der Waals surface area contributed by atoms with E-state index >= 15 is 0 Å². The summed E-state index contributed by atoms with van der Waals surface area (Å²) in [6, 6.07) is 2.15. The van der Waals surface area contributed by atoms with Crippen molar-refractivity contribution in [3.05, 3.63) is 24.0 Å². The molecule has 1 saturated carbocycles. The van der Waals surface area contributed by atoms with E-state index in [1.807, 2.05) is 20.0 Å². The van der Waals surface area contributed by atoms with Crippen LogP contribution < -0.4 is 10.5 Å². The number of aromatic nitrogens is 1. The van der Waals surface area contributed by atoms with Gasteiger partial charge in [0.25, 0.3) is 0 Å². The number of hydrogen-bond donors (Lipinski definition) is 1. The highest BCUT2D eigenvalue weighted by Gasteiger charge is 2.29. The van der Waals surface area contributed by atoms with Crippen LogP contribution >= 0.6 is 0 Å². The molecular formula is C16H26N2O. The van der Waals surface area contributed by atoms with E-state index in [1.54, 1.807) is 6.20 Å². The van der Waals surface area contributed by atoms with Gasteiger partial charge >= 0.3 is 0 Å². The number of nitrogens with zero attached hydrogens (tertiary/aromatic N) is 1. The monoisotopic (exact) mass is 262 g/mol. The van der Waals surface area contributed by atoms with Crippen LogP contribution in [0.5, 0.6) is 5.75 Å². The first kappa shape index (κ1) is 14.3. The Morgan fingerprint density at radius 3 is 2.79 bits per heavy atom. The molecule has 0 aliphatic heterocycles. The predicted octanol–water partition coefficient (Wildman–Crippen LogP) is 3.69. The van der Waals surface area contributed by atoms with E-state index in [2.05, 4.69) is 18.0 Å². The van der Waals surface area contributed by atoms with Crippen LogP contribution in [0.2, 0.25) is 0 Å². The zero-order valence-electron chi connectivity index (χ0n) is 12.3. The molecule has 1 aliphatic carbocycles. The smallest absolute Gasteiger partial charge is 0.138 e. The molecule has 19 heavy (non-hydrogen) atoms. The molecule has 0 bridgehead atoms. The molecule has 0 saturated heterocycles. The van der Waals surface area contributed by atoms with Crippen LogP contribution in [-0.4, -0.2) is 11.1 Å². The van der Waals surface area contributed by atoms with Gasteiger partial charge in [-0.05, 0) is 50.2 Å². The van der Waals surface area contributed by atoms with Gasteiger partial charge in [0.1, 0.15) is 5.75 Å². The highest BCUT2D eigenvalue weighted by Crippen LogP contribution is 2.39. The van der Waals surface area contributed by atoms with Crippen LogP contribution in [0.3, 0.4) is 0 Å². The maximum absolute atomic E-state index is 6.42. The predicted molar refractivity (Wildman–Crippen MR) is 78.1 cm³/mol. The second-order valence-corrected chi connectivity index (χ2v) is 5.99. The molecule has 1 aromatic heterocycles. The Bertz CT molecular complexity index is 405. The van der Waals surface area contributed by atoms with E-state index in [0.717, 1.165) is 17.2 Å². The first-order valence-corrected chi connectivity index (χ1v) is 7.47. The lowest BCUT2D eigenvalue weighted by Crippen LogP contribution is -2.20. The minimum absolute atomic E-state index is 0.0970. The summed E-state index contributed by atoms with van der Waals surface area (Å²) in [5, 5.41) is 0. The second-order valence-electron chi connectivity index (χ2n) is 5.99. The maximum Gasteiger partial charge on any atom is 0.138 e. The van der Waals surface area contributed by atoms with Crippen LogP contribution in [-0.2, 0) is 0 Å². The summed E-state index contributed by atoms with van der Waals surface area (Å²) in [6.07, 6.45) is 8.92. The van der Waals surface area contributed by atoms with Gasteiger partial charge in [0.05, 0.1) is 12.3 Å². The van der Waals surface area contributed by atoms with Gasteiger partial charge < -0.3 is 10.5 Å². The minimum atomic E-state index is 0.0970. The maximum atomic E-state index is 6.42. The molecule has 1 aliphatic rings. The Kier molecular flexibility index (Phi) is 4.81. The van der Waals surface area contributed by atoms with E-state index in [9.17, 15) is 0 Å². The van der Waals surface area contributed by atoms with Crippen LogP contribution in [0.4, 0.5) is 0 Å². The first-order chi connectivity index (χ1) is 9.10. The Morgan fingerprint density at radius 2 is 2.16 bits per heavy atom. The summed E-state index contributed by atoms with van der Waals surface area (Å²) >= 11 is 0. The third kappa shape index (κ3) is 3.69. The lowest BCUT2D eigenvalue weighted by atomic mass is 9.92. The molecule has 0 aromatic carbocycles. The van der Waals surface area contributed by atoms with E-state index in [-0.39, 0.29) is 12.1 Å². The van der Waals surface area contributed by atoms with E-state index in [0.29, 0.717) is 5.92 Å². The molecule has 1 fully saturated rings. The molecule has 0 amide bonds. The molecule has 3 heteroatoms. The average molecular weight is 262 g/mol. The van der Waals surface area contributed by atoms with Crippen LogP contribution in [0, 0.1) is 11.8 Å². The molecule has 3 nitrogen and oxygen atoms in total. The third-order valence-electron chi connectivity index (χ3n) is 4.16. The minimum Gasteiger partial charge on any atom is -0.489 e. The van der Waals surface area contributed by atoms with Crippen LogP contribution in [0.15, 0.2) is 18.5 Å². The van der Waals surface area contributed by atoms with Crippen molar-refractivity contribution in [3.8, 4) is 5.75 Å². The van der Waals surface area contributed by atoms with Gasteiger partial charge in [-0.25, -0.2) is 0 Å². The molecular weight excluding hydrogens is 236 g/mol. The van der Waals surface area contributed by atoms with Gasteiger partial charge in [0, 0.05) is 12.2 Å². The van der Waals surface area contributed by atoms with Crippen molar-refractivity contribution in [2.75, 3.05) is 0 Å². The van der Waals surface area contributed by atoms with Gasteiger partial charge in [0.15, 0.2) is 0 Å². The zero-order chi connectivity index (χ0) is 13.8. The molecule has 1 heterocycles. The van der Waals surface area contributed by atoms with Crippen molar-refractivity contribution in [2.24, 2.45) is 17.6 Å². The summed E-state index contributed by atoms with van der Waals surface area (Å²) < 4.78 is 5.69. The molecule has 2 rings (SSSR count). The summed E-state index contributed by atoms with van der Waals surface area (Å²) in [6.45, 7) is 6.32. The Labute approximate surface area is 116 Å². The van der Waals surface area contributed by atoms with Gasteiger partial charge in [-0.2, -0.15) is 0 Å². The van der Waals surface area contributed by atoms with Crippen molar-refractivity contribution in [3.63, 3.8) is 0 Å². The number of pyridine rings is 1. The lowest BCUT2D eigenvalue weighted by molar-refractivity contribution is 0.241. The largest absolute Gasteiger partial charge is 0.489 e. The Balaban J connectivity index is 2.04. The molecule has 106 valence electrons. The van der Waals surface area contributed by atoms with Crippen molar-refractivity contribution in [2.45, 2.75) is 58.6 Å². The van der Waals surface area contributed by atoms with Crippen molar-refractivity contribution >= 4 is 0 Å². The number of hydrogen-bond acceptors (Lipinski definition) is 3. The number of rotatable bonds is 5. The lowest BCUT2D eigenvalue weighted by Gasteiger charge is -2.20. The second kappa shape index (κ2) is 6.38. The fourth-order valence-corrected chi connectivity index (χ4v) is 3.04. The average Bonchev–Trinajstić information content (AvgIpc) is 2.86. The zero-order valence-corrected chi connectivity index (χ0v) is 12.3. The molecule has 3 atom stereocenters. The van der Waals surface area contributed by atoms with Gasteiger partial charge in [0.2, 0.25) is 0 Å². The fourth-order valence-electron chi connectivity index (χ4n) is 3.04.